The van der Waals surface area contributed by atoms with Gasteiger partial charge in [-0.3, -0.25) is 4.79 Å². The van der Waals surface area contributed by atoms with Crippen LogP contribution in [0, 0.1) is 17.1 Å². The molecule has 0 unspecified atom stereocenters. The average Bonchev–Trinajstić information content (AvgIpc) is 2.33. The van der Waals surface area contributed by atoms with Crippen molar-refractivity contribution in [2.45, 2.75) is 6.42 Å². The van der Waals surface area contributed by atoms with Crippen LogP contribution in [0.3, 0.4) is 0 Å². The quantitative estimate of drug-likeness (QED) is 0.857. The first-order valence-corrected chi connectivity index (χ1v) is 5.06. The first-order chi connectivity index (χ1) is 8.22. The predicted molar refractivity (Wildman–Crippen MR) is 61.8 cm³/mol. The first kappa shape index (κ1) is 11.1. The van der Waals surface area contributed by atoms with Crippen LogP contribution in [0.5, 0.6) is 0 Å². The molecular formula is C13H9FN2O. The molecule has 2 aromatic rings. The lowest BCUT2D eigenvalue weighted by Gasteiger charge is -2.03. The maximum Gasteiger partial charge on any atom is 0.255 e. The number of aromatic amines is 1. The Morgan fingerprint density at radius 1 is 1.29 bits per heavy atom. The maximum absolute atomic E-state index is 13.6. The Balaban J connectivity index is 2.60. The van der Waals surface area contributed by atoms with E-state index in [2.05, 4.69) is 4.98 Å². The van der Waals surface area contributed by atoms with E-state index in [0.717, 1.165) is 0 Å². The molecule has 1 aromatic heterocycles. The standard InChI is InChI=1S/C13H9FN2O/c14-12-4-2-1-3-10(12)11-7-9(5-6-15)8-16-13(11)17/h1-4,7-8H,5H2,(H,16,17). The number of nitrogens with zero attached hydrogens (tertiary/aromatic N) is 1. The Morgan fingerprint density at radius 2 is 2.06 bits per heavy atom. The normalized spacial score (nSPS) is 9.88. The Kier molecular flexibility index (Phi) is 3.01. The summed E-state index contributed by atoms with van der Waals surface area (Å²) in [5, 5.41) is 8.59. The van der Waals surface area contributed by atoms with Gasteiger partial charge in [-0.25, -0.2) is 4.39 Å². The van der Waals surface area contributed by atoms with Crippen LogP contribution >= 0.6 is 0 Å². The molecule has 84 valence electrons. The van der Waals surface area contributed by atoms with E-state index in [-0.39, 0.29) is 23.1 Å². The summed E-state index contributed by atoms with van der Waals surface area (Å²) in [6.07, 6.45) is 1.65. The Hall–Kier alpha value is -2.41. The van der Waals surface area contributed by atoms with Gasteiger partial charge in [-0.05, 0) is 17.7 Å². The lowest BCUT2D eigenvalue weighted by molar-refractivity contribution is 0.631. The van der Waals surface area contributed by atoms with Crippen LogP contribution in [0.2, 0.25) is 0 Å². The molecule has 0 atom stereocenters. The van der Waals surface area contributed by atoms with E-state index < -0.39 is 5.82 Å². The topological polar surface area (TPSA) is 56.6 Å². The fourth-order valence-corrected chi connectivity index (χ4v) is 1.60. The number of halogens is 1. The molecule has 1 heterocycles. The minimum Gasteiger partial charge on any atom is -0.328 e. The number of nitriles is 1. The highest BCUT2D eigenvalue weighted by Gasteiger charge is 2.08. The van der Waals surface area contributed by atoms with Gasteiger partial charge in [0.25, 0.3) is 5.56 Å². The molecule has 1 N–H and O–H groups in total. The van der Waals surface area contributed by atoms with Crippen LogP contribution in [0.15, 0.2) is 41.3 Å². The Bertz CT molecular complexity index is 640. The van der Waals surface area contributed by atoms with Gasteiger partial charge in [0.2, 0.25) is 0 Å². The van der Waals surface area contributed by atoms with Crippen molar-refractivity contribution in [2.24, 2.45) is 0 Å². The summed E-state index contributed by atoms with van der Waals surface area (Å²) < 4.78 is 13.6. The van der Waals surface area contributed by atoms with Crippen molar-refractivity contribution in [1.29, 1.82) is 5.26 Å². The molecule has 0 aliphatic carbocycles. The molecular weight excluding hydrogens is 219 g/mol. The number of nitrogens with one attached hydrogen (secondary N) is 1. The second-order valence-corrected chi connectivity index (χ2v) is 3.57. The van der Waals surface area contributed by atoms with Gasteiger partial charge in [-0.2, -0.15) is 5.26 Å². The van der Waals surface area contributed by atoms with Gasteiger partial charge < -0.3 is 4.98 Å². The van der Waals surface area contributed by atoms with Gasteiger partial charge in [0.15, 0.2) is 0 Å². The summed E-state index contributed by atoms with van der Waals surface area (Å²) >= 11 is 0. The number of H-pyrrole nitrogens is 1. The van der Waals surface area contributed by atoms with Crippen molar-refractivity contribution >= 4 is 0 Å². The van der Waals surface area contributed by atoms with Gasteiger partial charge in [0.05, 0.1) is 18.1 Å². The molecule has 0 spiro atoms. The molecule has 1 aromatic carbocycles. The zero-order chi connectivity index (χ0) is 12.3. The molecule has 0 fully saturated rings. The van der Waals surface area contributed by atoms with Crippen LogP contribution in [0.4, 0.5) is 4.39 Å². The van der Waals surface area contributed by atoms with Gasteiger partial charge in [-0.1, -0.05) is 18.2 Å². The third kappa shape index (κ3) is 2.23. The SMILES string of the molecule is N#CCc1c[nH]c(=O)c(-c2ccccc2F)c1. The fourth-order valence-electron chi connectivity index (χ4n) is 1.60. The maximum atomic E-state index is 13.6. The third-order valence-electron chi connectivity index (χ3n) is 2.41. The minimum atomic E-state index is -0.452. The molecule has 0 bridgehead atoms. The van der Waals surface area contributed by atoms with Gasteiger partial charge in [0.1, 0.15) is 5.82 Å². The summed E-state index contributed by atoms with van der Waals surface area (Å²) in [6.45, 7) is 0. The summed E-state index contributed by atoms with van der Waals surface area (Å²) in [5.41, 5.74) is 0.784. The molecule has 4 heteroatoms. The number of hydrogen-bond acceptors (Lipinski definition) is 2. The number of pyridine rings is 1. The Morgan fingerprint density at radius 3 is 2.76 bits per heavy atom. The minimum absolute atomic E-state index is 0.179. The molecule has 0 saturated heterocycles. The first-order valence-electron chi connectivity index (χ1n) is 5.06. The number of benzene rings is 1. The monoisotopic (exact) mass is 228 g/mol. The molecule has 0 aliphatic rings. The van der Waals surface area contributed by atoms with E-state index in [1.54, 1.807) is 18.2 Å². The highest BCUT2D eigenvalue weighted by atomic mass is 19.1. The molecule has 2 rings (SSSR count). The third-order valence-corrected chi connectivity index (χ3v) is 2.41. The lowest BCUT2D eigenvalue weighted by atomic mass is 10.0. The van der Waals surface area contributed by atoms with Crippen molar-refractivity contribution in [3.63, 3.8) is 0 Å². The van der Waals surface area contributed by atoms with Gasteiger partial charge in [0, 0.05) is 11.8 Å². The van der Waals surface area contributed by atoms with Gasteiger partial charge >= 0.3 is 0 Å². The number of rotatable bonds is 2. The molecule has 0 saturated carbocycles. The largest absolute Gasteiger partial charge is 0.328 e. The number of aromatic nitrogens is 1. The smallest absolute Gasteiger partial charge is 0.255 e. The van der Waals surface area contributed by atoms with Crippen LogP contribution in [0.1, 0.15) is 5.56 Å². The summed E-state index contributed by atoms with van der Waals surface area (Å²) in [7, 11) is 0. The summed E-state index contributed by atoms with van der Waals surface area (Å²) in [5.74, 6) is -0.452. The molecule has 3 nitrogen and oxygen atoms in total. The Labute approximate surface area is 97.2 Å². The molecule has 17 heavy (non-hydrogen) atoms. The van der Waals surface area contributed by atoms with Crippen LogP contribution in [-0.4, -0.2) is 4.98 Å². The molecule has 0 radical (unpaired) electrons. The van der Waals surface area contributed by atoms with E-state index in [1.807, 2.05) is 6.07 Å². The predicted octanol–water partition coefficient (Wildman–Crippen LogP) is 2.25. The van der Waals surface area contributed by atoms with E-state index in [9.17, 15) is 9.18 Å². The second kappa shape index (κ2) is 4.62. The molecule has 0 aliphatic heterocycles. The summed E-state index contributed by atoms with van der Waals surface area (Å²) in [6, 6.07) is 9.58. The van der Waals surface area contributed by atoms with Crippen LogP contribution < -0.4 is 5.56 Å². The van der Waals surface area contributed by atoms with Crippen molar-refractivity contribution in [3.05, 3.63) is 58.3 Å². The second-order valence-electron chi connectivity index (χ2n) is 3.57. The van der Waals surface area contributed by atoms with Crippen molar-refractivity contribution in [1.82, 2.24) is 4.98 Å². The van der Waals surface area contributed by atoms with E-state index in [4.69, 9.17) is 5.26 Å². The van der Waals surface area contributed by atoms with E-state index in [1.165, 1.54) is 18.3 Å². The summed E-state index contributed by atoms with van der Waals surface area (Å²) in [4.78, 5) is 14.1. The zero-order valence-electron chi connectivity index (χ0n) is 8.90. The van der Waals surface area contributed by atoms with Crippen molar-refractivity contribution < 1.29 is 4.39 Å². The molecule has 0 amide bonds. The average molecular weight is 228 g/mol. The van der Waals surface area contributed by atoms with Crippen LogP contribution in [0.25, 0.3) is 11.1 Å². The van der Waals surface area contributed by atoms with Crippen molar-refractivity contribution in [2.75, 3.05) is 0 Å². The lowest BCUT2D eigenvalue weighted by Crippen LogP contribution is -2.09. The zero-order valence-corrected chi connectivity index (χ0v) is 8.90. The van der Waals surface area contributed by atoms with Crippen LogP contribution in [-0.2, 0) is 6.42 Å². The highest BCUT2D eigenvalue weighted by molar-refractivity contribution is 5.63. The number of hydrogen-bond donors (Lipinski definition) is 1. The highest BCUT2D eigenvalue weighted by Crippen LogP contribution is 2.19. The fraction of sp³-hybridized carbons (Fsp3) is 0.0769. The van der Waals surface area contributed by atoms with Crippen molar-refractivity contribution in [3.8, 4) is 17.2 Å². The van der Waals surface area contributed by atoms with E-state index in [0.29, 0.717) is 5.56 Å². The van der Waals surface area contributed by atoms with Gasteiger partial charge in [-0.15, -0.1) is 0 Å². The van der Waals surface area contributed by atoms with E-state index >= 15 is 0 Å².